The van der Waals surface area contributed by atoms with Gasteiger partial charge < -0.3 is 4.57 Å². The lowest BCUT2D eigenvalue weighted by Crippen LogP contribution is -2.25. The fraction of sp³-hybridized carbons (Fsp3) is 0.200. The average Bonchev–Trinajstić information content (AvgIpc) is 3.30. The second-order valence-corrected chi connectivity index (χ2v) is 7.42. The summed E-state index contributed by atoms with van der Waals surface area (Å²) in [6, 6.07) is 13.7. The van der Waals surface area contributed by atoms with Crippen molar-refractivity contribution in [3.8, 4) is 0 Å². The molecule has 1 atom stereocenters. The molecule has 2 aromatic carbocycles. The molecule has 2 aromatic heterocycles. The highest BCUT2D eigenvalue weighted by Gasteiger charge is 2.21. The lowest BCUT2D eigenvalue weighted by molar-refractivity contribution is -0.119. The van der Waals surface area contributed by atoms with Crippen molar-refractivity contribution < 1.29 is 9.18 Å². The second-order valence-electron chi connectivity index (χ2n) is 6.36. The predicted octanol–water partition coefficient (Wildman–Crippen LogP) is 4.21. The molecule has 2 heterocycles. The first-order valence-corrected chi connectivity index (χ1v) is 9.75. The number of benzene rings is 2. The average molecular weight is 395 g/mol. The maximum atomic E-state index is 13.3. The molecule has 0 fully saturated rings. The maximum Gasteiger partial charge on any atom is 0.249 e. The van der Waals surface area contributed by atoms with Gasteiger partial charge in [0.15, 0.2) is 0 Å². The van der Waals surface area contributed by atoms with E-state index in [1.165, 1.54) is 23.5 Å². The molecule has 4 aromatic rings. The summed E-state index contributed by atoms with van der Waals surface area (Å²) in [7, 11) is 0. The summed E-state index contributed by atoms with van der Waals surface area (Å²) in [5.41, 5.74) is 2.57. The molecule has 0 radical (unpaired) electrons. The van der Waals surface area contributed by atoms with Gasteiger partial charge in [0, 0.05) is 6.42 Å². The Morgan fingerprint density at radius 1 is 1.21 bits per heavy atom. The van der Waals surface area contributed by atoms with Crippen LogP contribution in [-0.2, 0) is 11.2 Å². The molecule has 0 saturated carbocycles. The van der Waals surface area contributed by atoms with Crippen molar-refractivity contribution in [3.63, 3.8) is 0 Å². The second kappa shape index (κ2) is 7.85. The number of fused-ring (bicyclic) bond motifs is 1. The monoisotopic (exact) mass is 395 g/mol. The molecule has 1 unspecified atom stereocenters. The SMILES string of the molecule is CCC(C(=O)Nc1nnc(Cc2cccc(F)c2)s1)n1cnc2ccccc21. The van der Waals surface area contributed by atoms with Crippen LogP contribution in [0.3, 0.4) is 0 Å². The minimum Gasteiger partial charge on any atom is -0.318 e. The van der Waals surface area contributed by atoms with Gasteiger partial charge in [-0.25, -0.2) is 9.37 Å². The van der Waals surface area contributed by atoms with Crippen LogP contribution in [0.15, 0.2) is 54.9 Å². The predicted molar refractivity (Wildman–Crippen MR) is 107 cm³/mol. The number of halogens is 1. The van der Waals surface area contributed by atoms with Crippen LogP contribution in [0.25, 0.3) is 11.0 Å². The zero-order chi connectivity index (χ0) is 19.5. The molecule has 6 nitrogen and oxygen atoms in total. The van der Waals surface area contributed by atoms with Gasteiger partial charge in [0.2, 0.25) is 11.0 Å². The van der Waals surface area contributed by atoms with E-state index in [1.54, 1.807) is 12.4 Å². The summed E-state index contributed by atoms with van der Waals surface area (Å²) >= 11 is 1.29. The molecule has 0 aliphatic rings. The van der Waals surface area contributed by atoms with Crippen molar-refractivity contribution in [2.45, 2.75) is 25.8 Å². The fourth-order valence-corrected chi connectivity index (χ4v) is 3.90. The summed E-state index contributed by atoms with van der Waals surface area (Å²) < 4.78 is 15.2. The van der Waals surface area contributed by atoms with E-state index in [-0.39, 0.29) is 11.7 Å². The third-order valence-electron chi connectivity index (χ3n) is 4.45. The van der Waals surface area contributed by atoms with E-state index < -0.39 is 6.04 Å². The van der Waals surface area contributed by atoms with Gasteiger partial charge in [-0.3, -0.25) is 10.1 Å². The van der Waals surface area contributed by atoms with Crippen molar-refractivity contribution in [3.05, 3.63) is 71.2 Å². The number of carbonyl (C=O) groups excluding carboxylic acids is 1. The number of rotatable bonds is 6. The minimum absolute atomic E-state index is 0.167. The molecular formula is C20H18FN5OS. The lowest BCUT2D eigenvalue weighted by Gasteiger charge is -2.16. The van der Waals surface area contributed by atoms with E-state index in [1.807, 2.05) is 41.8 Å². The number of nitrogens with zero attached hydrogens (tertiary/aromatic N) is 4. The van der Waals surface area contributed by atoms with Gasteiger partial charge in [0.25, 0.3) is 0 Å². The number of hydrogen-bond acceptors (Lipinski definition) is 5. The Morgan fingerprint density at radius 2 is 2.07 bits per heavy atom. The number of amides is 1. The van der Waals surface area contributed by atoms with Crippen molar-refractivity contribution in [1.82, 2.24) is 19.7 Å². The topological polar surface area (TPSA) is 72.7 Å². The molecule has 0 aliphatic heterocycles. The van der Waals surface area contributed by atoms with Crippen molar-refractivity contribution in [2.24, 2.45) is 0 Å². The van der Waals surface area contributed by atoms with Crippen LogP contribution < -0.4 is 5.32 Å². The Bertz CT molecular complexity index is 1120. The highest BCUT2D eigenvalue weighted by molar-refractivity contribution is 7.15. The third-order valence-corrected chi connectivity index (χ3v) is 5.29. The highest BCUT2D eigenvalue weighted by atomic mass is 32.1. The van der Waals surface area contributed by atoms with Gasteiger partial charge in [0.1, 0.15) is 16.9 Å². The van der Waals surface area contributed by atoms with E-state index in [9.17, 15) is 9.18 Å². The van der Waals surface area contributed by atoms with E-state index in [2.05, 4.69) is 20.5 Å². The first-order chi connectivity index (χ1) is 13.6. The Balaban J connectivity index is 1.49. The molecule has 0 saturated heterocycles. The number of hydrogen-bond donors (Lipinski definition) is 1. The van der Waals surface area contributed by atoms with Crippen LogP contribution in [0.2, 0.25) is 0 Å². The first-order valence-electron chi connectivity index (χ1n) is 8.93. The van der Waals surface area contributed by atoms with Gasteiger partial charge >= 0.3 is 0 Å². The van der Waals surface area contributed by atoms with Crippen molar-refractivity contribution >= 4 is 33.4 Å². The molecule has 142 valence electrons. The normalized spacial score (nSPS) is 12.2. The van der Waals surface area contributed by atoms with E-state index in [0.29, 0.717) is 23.0 Å². The summed E-state index contributed by atoms with van der Waals surface area (Å²) in [6.45, 7) is 1.95. The summed E-state index contributed by atoms with van der Waals surface area (Å²) in [5, 5.41) is 12.1. The quantitative estimate of drug-likeness (QED) is 0.531. The summed E-state index contributed by atoms with van der Waals surface area (Å²) in [4.78, 5) is 17.2. The number of para-hydroxylation sites is 2. The van der Waals surface area contributed by atoms with Crippen molar-refractivity contribution in [1.29, 1.82) is 0 Å². The largest absolute Gasteiger partial charge is 0.318 e. The Labute approximate surface area is 165 Å². The Morgan fingerprint density at radius 3 is 2.89 bits per heavy atom. The van der Waals surface area contributed by atoms with Crippen LogP contribution in [0.4, 0.5) is 9.52 Å². The number of aromatic nitrogens is 4. The Hall–Kier alpha value is -3.13. The van der Waals surface area contributed by atoms with Crippen LogP contribution in [0.5, 0.6) is 0 Å². The van der Waals surface area contributed by atoms with Crippen LogP contribution >= 0.6 is 11.3 Å². The van der Waals surface area contributed by atoms with E-state index in [0.717, 1.165) is 16.6 Å². The van der Waals surface area contributed by atoms with Gasteiger partial charge in [-0.05, 0) is 36.2 Å². The fourth-order valence-electron chi connectivity index (χ4n) is 3.12. The zero-order valence-corrected chi connectivity index (χ0v) is 16.0. The molecule has 1 amide bonds. The van der Waals surface area contributed by atoms with E-state index in [4.69, 9.17) is 0 Å². The number of nitrogens with one attached hydrogen (secondary N) is 1. The number of carbonyl (C=O) groups is 1. The van der Waals surface area contributed by atoms with Gasteiger partial charge in [-0.2, -0.15) is 0 Å². The molecule has 28 heavy (non-hydrogen) atoms. The minimum atomic E-state index is -0.400. The molecule has 4 rings (SSSR count). The number of imidazole rings is 1. The van der Waals surface area contributed by atoms with Crippen molar-refractivity contribution in [2.75, 3.05) is 5.32 Å². The standard InChI is InChI=1S/C20H18FN5OS/c1-2-16(26-12-22-15-8-3-4-9-17(15)26)19(27)23-20-25-24-18(28-20)11-13-6-5-7-14(21)10-13/h3-10,12,16H,2,11H2,1H3,(H,23,25,27). The smallest absolute Gasteiger partial charge is 0.249 e. The summed E-state index contributed by atoms with van der Waals surface area (Å²) in [6.07, 6.45) is 2.77. The first kappa shape index (κ1) is 18.2. The van der Waals surface area contributed by atoms with Gasteiger partial charge in [-0.15, -0.1) is 10.2 Å². The molecule has 0 bridgehead atoms. The molecule has 8 heteroatoms. The molecule has 0 spiro atoms. The summed E-state index contributed by atoms with van der Waals surface area (Å²) in [5.74, 6) is -0.451. The third kappa shape index (κ3) is 3.77. The van der Waals surface area contributed by atoms with E-state index >= 15 is 0 Å². The zero-order valence-electron chi connectivity index (χ0n) is 15.2. The van der Waals surface area contributed by atoms with Gasteiger partial charge in [0.05, 0.1) is 17.4 Å². The molecule has 0 aliphatic carbocycles. The van der Waals surface area contributed by atoms with Crippen LogP contribution in [0.1, 0.15) is 30.0 Å². The Kier molecular flexibility index (Phi) is 5.12. The van der Waals surface area contributed by atoms with Crippen LogP contribution in [0, 0.1) is 5.82 Å². The van der Waals surface area contributed by atoms with Crippen LogP contribution in [-0.4, -0.2) is 25.7 Å². The maximum absolute atomic E-state index is 13.3. The number of anilines is 1. The molecular weight excluding hydrogens is 377 g/mol. The lowest BCUT2D eigenvalue weighted by atomic mass is 10.1. The molecule has 1 N–H and O–H groups in total. The van der Waals surface area contributed by atoms with Gasteiger partial charge in [-0.1, -0.05) is 42.5 Å². The highest BCUT2D eigenvalue weighted by Crippen LogP contribution is 2.24.